The zero-order valence-corrected chi connectivity index (χ0v) is 18.2. The van der Waals surface area contributed by atoms with Crippen molar-refractivity contribution in [2.24, 2.45) is 29.6 Å². The second-order valence-electron chi connectivity index (χ2n) is 9.35. The molecule has 4 rings (SSSR count). The van der Waals surface area contributed by atoms with Gasteiger partial charge in [-0.25, -0.2) is 4.79 Å². The summed E-state index contributed by atoms with van der Waals surface area (Å²) in [5.41, 5.74) is -1.03. The van der Waals surface area contributed by atoms with Crippen molar-refractivity contribution in [2.75, 3.05) is 11.9 Å². The van der Waals surface area contributed by atoms with Crippen LogP contribution in [0.3, 0.4) is 0 Å². The molecule has 1 aliphatic heterocycles. The van der Waals surface area contributed by atoms with E-state index in [2.05, 4.69) is 5.32 Å². The molecule has 10 heteroatoms. The maximum atomic E-state index is 13.1. The number of esters is 1. The fourth-order valence-electron chi connectivity index (χ4n) is 5.57. The lowest BCUT2D eigenvalue weighted by Gasteiger charge is -2.28. The van der Waals surface area contributed by atoms with Crippen molar-refractivity contribution in [3.05, 3.63) is 29.8 Å². The predicted molar refractivity (Wildman–Crippen MR) is 109 cm³/mol. The van der Waals surface area contributed by atoms with Gasteiger partial charge in [0.1, 0.15) is 6.04 Å². The van der Waals surface area contributed by atoms with Crippen molar-refractivity contribution in [1.82, 2.24) is 4.90 Å². The molecule has 7 nitrogen and oxygen atoms in total. The third-order valence-corrected chi connectivity index (χ3v) is 6.93. The van der Waals surface area contributed by atoms with Gasteiger partial charge in [0.2, 0.25) is 11.8 Å². The van der Waals surface area contributed by atoms with Gasteiger partial charge >= 0.3 is 12.1 Å². The first-order chi connectivity index (χ1) is 15.5. The Bertz CT molecular complexity index is 965. The molecule has 0 radical (unpaired) electrons. The fraction of sp³-hybridized carbons (Fsp3) is 0.565. The number of hydrogen-bond acceptors (Lipinski definition) is 5. The Kier molecular flexibility index (Phi) is 5.96. The lowest BCUT2D eigenvalue weighted by Crippen LogP contribution is -2.50. The molecule has 0 aromatic heterocycles. The molecule has 1 saturated heterocycles. The summed E-state index contributed by atoms with van der Waals surface area (Å²) in [6.45, 7) is 2.60. The number of carbonyl (C=O) groups is 4. The highest BCUT2D eigenvalue weighted by Gasteiger charge is 2.62. The second kappa shape index (κ2) is 8.46. The van der Waals surface area contributed by atoms with Gasteiger partial charge in [-0.3, -0.25) is 19.3 Å². The van der Waals surface area contributed by atoms with E-state index in [1.54, 1.807) is 13.8 Å². The SMILES string of the molecule is CC(C)[C@H](C(=O)OCC(=O)Nc1cccc(C(F)(F)F)c1)N1C(=O)[C@@H]2[C@H]3CC[C@@H](C3)[C@H]2C1=O. The molecule has 0 spiro atoms. The van der Waals surface area contributed by atoms with Crippen molar-refractivity contribution in [2.45, 2.75) is 45.3 Å². The Morgan fingerprint density at radius 3 is 2.27 bits per heavy atom. The first-order valence-electron chi connectivity index (χ1n) is 11.0. The van der Waals surface area contributed by atoms with E-state index in [0.717, 1.165) is 42.4 Å². The molecule has 33 heavy (non-hydrogen) atoms. The van der Waals surface area contributed by atoms with Gasteiger partial charge in [0.25, 0.3) is 5.91 Å². The van der Waals surface area contributed by atoms with Crippen LogP contribution < -0.4 is 5.32 Å². The Morgan fingerprint density at radius 1 is 1.12 bits per heavy atom. The molecular weight excluding hydrogens is 441 g/mol. The smallest absolute Gasteiger partial charge is 0.416 e. The van der Waals surface area contributed by atoms with Crippen LogP contribution in [0.4, 0.5) is 18.9 Å². The highest BCUT2D eigenvalue weighted by molar-refractivity contribution is 6.08. The van der Waals surface area contributed by atoms with Gasteiger partial charge in [0.15, 0.2) is 6.61 Å². The molecule has 2 bridgehead atoms. The van der Waals surface area contributed by atoms with Crippen molar-refractivity contribution >= 4 is 29.4 Å². The summed E-state index contributed by atoms with van der Waals surface area (Å²) in [5.74, 6) is -3.27. The van der Waals surface area contributed by atoms with Crippen molar-refractivity contribution in [1.29, 1.82) is 0 Å². The van der Waals surface area contributed by atoms with Gasteiger partial charge in [0.05, 0.1) is 17.4 Å². The van der Waals surface area contributed by atoms with E-state index in [1.807, 2.05) is 0 Å². The lowest BCUT2D eigenvalue weighted by molar-refractivity contribution is -0.162. The molecule has 1 aromatic rings. The summed E-state index contributed by atoms with van der Waals surface area (Å²) in [4.78, 5) is 52.1. The standard InChI is InChI=1S/C23H25F3N2O5/c1-11(2)19(28-20(30)17-12-6-7-13(8-12)18(17)21(28)31)22(32)33-10-16(29)27-15-5-3-4-14(9-15)23(24,25)26/h3-5,9,11-13,17-19H,6-8,10H2,1-2H3,(H,27,29)/t12-,13-,17+,18+,19+/m0/s1. The van der Waals surface area contributed by atoms with E-state index < -0.39 is 42.2 Å². The molecule has 3 aliphatic rings. The molecule has 1 aromatic carbocycles. The minimum atomic E-state index is -4.57. The van der Waals surface area contributed by atoms with Crippen LogP contribution in [-0.4, -0.2) is 41.2 Å². The van der Waals surface area contributed by atoms with E-state index in [4.69, 9.17) is 4.74 Å². The van der Waals surface area contributed by atoms with Crippen molar-refractivity contribution in [3.63, 3.8) is 0 Å². The van der Waals surface area contributed by atoms with Crippen LogP contribution in [0.1, 0.15) is 38.7 Å². The van der Waals surface area contributed by atoms with E-state index in [9.17, 15) is 32.3 Å². The Hall–Kier alpha value is -2.91. The number of carbonyl (C=O) groups excluding carboxylic acids is 4. The van der Waals surface area contributed by atoms with Gasteiger partial charge in [-0.2, -0.15) is 13.2 Å². The highest BCUT2D eigenvalue weighted by Crippen LogP contribution is 2.56. The van der Waals surface area contributed by atoms with Crippen LogP contribution in [0.2, 0.25) is 0 Å². The monoisotopic (exact) mass is 466 g/mol. The third-order valence-electron chi connectivity index (χ3n) is 6.93. The van der Waals surface area contributed by atoms with Crippen LogP contribution >= 0.6 is 0 Å². The zero-order valence-electron chi connectivity index (χ0n) is 18.2. The van der Waals surface area contributed by atoms with Gasteiger partial charge in [-0.1, -0.05) is 19.9 Å². The minimum Gasteiger partial charge on any atom is -0.454 e. The average molecular weight is 466 g/mol. The number of anilines is 1. The van der Waals surface area contributed by atoms with Crippen LogP contribution in [0.5, 0.6) is 0 Å². The lowest BCUT2D eigenvalue weighted by atomic mass is 9.81. The number of imide groups is 1. The minimum absolute atomic E-state index is 0.0977. The summed E-state index contributed by atoms with van der Waals surface area (Å²) < 4.78 is 43.6. The van der Waals surface area contributed by atoms with Crippen LogP contribution in [0.15, 0.2) is 24.3 Å². The highest BCUT2D eigenvalue weighted by atomic mass is 19.4. The number of alkyl halides is 3. The van der Waals surface area contributed by atoms with Crippen LogP contribution in [0, 0.1) is 29.6 Å². The average Bonchev–Trinajstić information content (AvgIpc) is 3.42. The van der Waals surface area contributed by atoms with E-state index >= 15 is 0 Å². The summed E-state index contributed by atoms with van der Waals surface area (Å²) in [6.07, 6.45) is -1.88. The fourth-order valence-corrected chi connectivity index (χ4v) is 5.57. The molecule has 2 aliphatic carbocycles. The molecular formula is C23H25F3N2O5. The van der Waals surface area contributed by atoms with Gasteiger partial charge in [-0.15, -0.1) is 0 Å². The largest absolute Gasteiger partial charge is 0.454 e. The number of nitrogens with zero attached hydrogens (tertiary/aromatic N) is 1. The summed E-state index contributed by atoms with van der Waals surface area (Å²) in [5, 5.41) is 2.25. The first-order valence-corrected chi connectivity index (χ1v) is 11.0. The quantitative estimate of drug-likeness (QED) is 0.513. The van der Waals surface area contributed by atoms with Crippen LogP contribution in [0.25, 0.3) is 0 Å². The van der Waals surface area contributed by atoms with Crippen LogP contribution in [-0.2, 0) is 30.1 Å². The number of hydrogen-bond donors (Lipinski definition) is 1. The molecule has 2 saturated carbocycles. The number of likely N-dealkylation sites (tertiary alicyclic amines) is 1. The summed E-state index contributed by atoms with van der Waals surface area (Å²) in [7, 11) is 0. The van der Waals surface area contributed by atoms with E-state index in [0.29, 0.717) is 0 Å². The zero-order chi connectivity index (χ0) is 24.1. The number of amides is 3. The van der Waals surface area contributed by atoms with E-state index in [-0.39, 0.29) is 41.2 Å². The normalized spacial score (nSPS) is 27.2. The molecule has 1 heterocycles. The summed E-state index contributed by atoms with van der Waals surface area (Å²) in [6, 6.07) is 2.91. The van der Waals surface area contributed by atoms with Crippen molar-refractivity contribution < 1.29 is 37.1 Å². The molecule has 3 amide bonds. The Balaban J connectivity index is 1.40. The second-order valence-corrected chi connectivity index (χ2v) is 9.35. The molecule has 178 valence electrons. The Labute approximate surface area is 188 Å². The topological polar surface area (TPSA) is 92.8 Å². The van der Waals surface area contributed by atoms with Gasteiger partial charge in [0, 0.05) is 5.69 Å². The number of ether oxygens (including phenoxy) is 1. The van der Waals surface area contributed by atoms with Crippen molar-refractivity contribution in [3.8, 4) is 0 Å². The Morgan fingerprint density at radius 2 is 1.73 bits per heavy atom. The molecule has 1 N–H and O–H groups in total. The maximum absolute atomic E-state index is 13.1. The molecule has 5 atom stereocenters. The third kappa shape index (κ3) is 4.22. The van der Waals surface area contributed by atoms with Gasteiger partial charge in [-0.05, 0) is 55.2 Å². The molecule has 0 unspecified atom stereocenters. The number of benzene rings is 1. The first kappa shape index (κ1) is 23.3. The molecule has 3 fully saturated rings. The number of rotatable bonds is 6. The van der Waals surface area contributed by atoms with Gasteiger partial charge < -0.3 is 10.1 Å². The number of nitrogens with one attached hydrogen (secondary N) is 1. The number of halogens is 3. The summed E-state index contributed by atoms with van der Waals surface area (Å²) >= 11 is 0. The number of fused-ring (bicyclic) bond motifs is 5. The van der Waals surface area contributed by atoms with E-state index in [1.165, 1.54) is 6.07 Å². The maximum Gasteiger partial charge on any atom is 0.416 e. The predicted octanol–water partition coefficient (Wildman–Crippen LogP) is 3.24.